The van der Waals surface area contributed by atoms with Crippen LogP contribution < -0.4 is 15.6 Å². The van der Waals surface area contributed by atoms with Gasteiger partial charge in [0, 0.05) is 18.0 Å². The lowest BCUT2D eigenvalue weighted by molar-refractivity contribution is 0.413. The summed E-state index contributed by atoms with van der Waals surface area (Å²) in [4.78, 5) is 17.5. The van der Waals surface area contributed by atoms with Crippen molar-refractivity contribution in [2.75, 3.05) is 12.4 Å². The Labute approximate surface area is 192 Å². The third-order valence-corrected chi connectivity index (χ3v) is 5.72. The largest absolute Gasteiger partial charge is 0.494 e. The fourth-order valence-corrected chi connectivity index (χ4v) is 3.74. The number of hydrogen-bond acceptors (Lipinski definition) is 5. The average Bonchev–Trinajstić information content (AvgIpc) is 3.22. The number of benzene rings is 2. The molecule has 0 aliphatic carbocycles. The van der Waals surface area contributed by atoms with Crippen molar-refractivity contribution in [3.8, 4) is 11.4 Å². The maximum atomic E-state index is 13.3. The second-order valence-electron chi connectivity index (χ2n) is 7.28. The van der Waals surface area contributed by atoms with Gasteiger partial charge in [0.2, 0.25) is 0 Å². The fraction of sp³-hybridized carbons (Fsp3) is 0.174. The highest BCUT2D eigenvalue weighted by Gasteiger charge is 2.17. The fourth-order valence-electron chi connectivity index (χ4n) is 3.38. The number of halogens is 2. The summed E-state index contributed by atoms with van der Waals surface area (Å²) < 4.78 is 22.6. The first kappa shape index (κ1) is 21.8. The second kappa shape index (κ2) is 8.96. The smallest absolute Gasteiger partial charge is 0.292 e. The summed E-state index contributed by atoms with van der Waals surface area (Å²) in [7, 11) is 1.59. The highest BCUT2D eigenvalue weighted by atomic mass is 79.9. The van der Waals surface area contributed by atoms with Gasteiger partial charge in [0.05, 0.1) is 41.5 Å². The number of rotatable bonds is 6. The van der Waals surface area contributed by atoms with E-state index < -0.39 is 0 Å². The molecule has 1 unspecified atom stereocenters. The molecule has 0 aliphatic rings. The van der Waals surface area contributed by atoms with Crippen LogP contribution >= 0.6 is 15.9 Å². The van der Waals surface area contributed by atoms with Gasteiger partial charge in [-0.25, -0.2) is 14.1 Å². The molecule has 164 valence electrons. The Kier molecular flexibility index (Phi) is 6.09. The first-order valence-corrected chi connectivity index (χ1v) is 10.7. The van der Waals surface area contributed by atoms with Crippen LogP contribution in [0.4, 0.5) is 15.8 Å². The van der Waals surface area contributed by atoms with Gasteiger partial charge in [0.1, 0.15) is 17.3 Å². The molecule has 0 amide bonds. The number of anilines is 2. The zero-order valence-corrected chi connectivity index (χ0v) is 19.3. The lowest BCUT2D eigenvalue weighted by atomic mass is 10.1. The molecule has 9 heteroatoms. The van der Waals surface area contributed by atoms with Crippen molar-refractivity contribution >= 4 is 27.3 Å². The normalized spacial score (nSPS) is 11.9. The first-order chi connectivity index (χ1) is 15.4. The number of ether oxygens (including phenoxy) is 1. The SMILES string of the molecule is COc1cc(Nc2c(Br)cnn(C(C)c3ccc(F)cc3)c2=O)ccc1-n1cnc(C)c1. The van der Waals surface area contributed by atoms with Crippen molar-refractivity contribution in [1.82, 2.24) is 19.3 Å². The molecule has 0 saturated carbocycles. The summed E-state index contributed by atoms with van der Waals surface area (Å²) in [5.74, 6) is 0.292. The molecule has 2 heterocycles. The van der Waals surface area contributed by atoms with E-state index >= 15 is 0 Å². The standard InChI is InChI=1S/C23H21BrFN5O2/c1-14-12-29(13-26-14)20-9-8-18(10-21(20)32-3)28-22-19(24)11-27-30(23(22)31)15(2)16-4-6-17(25)7-5-16/h4-13,15,28H,1-3H3. The average molecular weight is 498 g/mol. The molecular weight excluding hydrogens is 477 g/mol. The molecule has 1 atom stereocenters. The lowest BCUT2D eigenvalue weighted by Gasteiger charge is -2.17. The second-order valence-corrected chi connectivity index (χ2v) is 8.13. The van der Waals surface area contributed by atoms with Gasteiger partial charge < -0.3 is 14.6 Å². The van der Waals surface area contributed by atoms with E-state index in [1.807, 2.05) is 42.8 Å². The van der Waals surface area contributed by atoms with Gasteiger partial charge in [-0.15, -0.1) is 0 Å². The summed E-state index contributed by atoms with van der Waals surface area (Å²) in [6.45, 7) is 3.75. The number of hydrogen-bond donors (Lipinski definition) is 1. The Morgan fingerprint density at radius 2 is 1.94 bits per heavy atom. The van der Waals surface area contributed by atoms with E-state index in [0.717, 1.165) is 16.9 Å². The van der Waals surface area contributed by atoms with E-state index in [0.29, 0.717) is 21.6 Å². The van der Waals surface area contributed by atoms with E-state index in [-0.39, 0.29) is 17.4 Å². The van der Waals surface area contributed by atoms with E-state index in [9.17, 15) is 9.18 Å². The Morgan fingerprint density at radius 1 is 1.19 bits per heavy atom. The molecule has 0 aliphatic heterocycles. The highest BCUT2D eigenvalue weighted by Crippen LogP contribution is 2.30. The molecular formula is C23H21BrFN5O2. The molecule has 2 aromatic carbocycles. The third-order valence-electron chi connectivity index (χ3n) is 5.11. The van der Waals surface area contributed by atoms with Crippen LogP contribution in [0.3, 0.4) is 0 Å². The van der Waals surface area contributed by atoms with Gasteiger partial charge in [-0.05, 0) is 59.6 Å². The van der Waals surface area contributed by atoms with Gasteiger partial charge in [-0.3, -0.25) is 4.79 Å². The molecule has 2 aromatic heterocycles. The van der Waals surface area contributed by atoms with Gasteiger partial charge in [0.25, 0.3) is 5.56 Å². The topological polar surface area (TPSA) is 74.0 Å². The van der Waals surface area contributed by atoms with Crippen molar-refractivity contribution in [2.24, 2.45) is 0 Å². The highest BCUT2D eigenvalue weighted by molar-refractivity contribution is 9.10. The van der Waals surface area contributed by atoms with Crippen molar-refractivity contribution in [2.45, 2.75) is 19.9 Å². The third kappa shape index (κ3) is 4.29. The molecule has 4 aromatic rings. The molecule has 0 saturated heterocycles. The lowest BCUT2D eigenvalue weighted by Crippen LogP contribution is -2.28. The van der Waals surface area contributed by atoms with Gasteiger partial charge >= 0.3 is 0 Å². The Morgan fingerprint density at radius 3 is 2.59 bits per heavy atom. The van der Waals surface area contributed by atoms with Crippen LogP contribution in [0, 0.1) is 12.7 Å². The van der Waals surface area contributed by atoms with Crippen molar-refractivity contribution < 1.29 is 9.13 Å². The van der Waals surface area contributed by atoms with E-state index in [2.05, 4.69) is 31.3 Å². The predicted octanol–water partition coefficient (Wildman–Crippen LogP) is 5.00. The molecule has 32 heavy (non-hydrogen) atoms. The van der Waals surface area contributed by atoms with Gasteiger partial charge in [-0.1, -0.05) is 12.1 Å². The van der Waals surface area contributed by atoms with E-state index in [4.69, 9.17) is 4.74 Å². The number of nitrogens with zero attached hydrogens (tertiary/aromatic N) is 4. The maximum absolute atomic E-state index is 13.3. The molecule has 7 nitrogen and oxygen atoms in total. The van der Waals surface area contributed by atoms with Crippen LogP contribution in [0.15, 0.2) is 70.5 Å². The van der Waals surface area contributed by atoms with Crippen molar-refractivity contribution in [3.63, 3.8) is 0 Å². The molecule has 1 N–H and O–H groups in total. The van der Waals surface area contributed by atoms with Crippen molar-refractivity contribution in [3.05, 3.63) is 93.1 Å². The monoisotopic (exact) mass is 497 g/mol. The Balaban J connectivity index is 1.68. The minimum Gasteiger partial charge on any atom is -0.494 e. The molecule has 0 bridgehead atoms. The first-order valence-electron chi connectivity index (χ1n) is 9.86. The van der Waals surface area contributed by atoms with Crippen LogP contribution in [0.1, 0.15) is 24.2 Å². The molecule has 0 spiro atoms. The zero-order chi connectivity index (χ0) is 22.8. The van der Waals surface area contributed by atoms with Crippen LogP contribution in [-0.4, -0.2) is 26.4 Å². The van der Waals surface area contributed by atoms with E-state index in [1.54, 1.807) is 31.8 Å². The minimum atomic E-state index is -0.377. The molecule has 0 fully saturated rings. The van der Waals surface area contributed by atoms with Gasteiger partial charge in [-0.2, -0.15) is 5.10 Å². The Hall–Kier alpha value is -3.46. The number of aromatic nitrogens is 4. The molecule has 4 rings (SSSR count). The van der Waals surface area contributed by atoms with Gasteiger partial charge in [0.15, 0.2) is 0 Å². The quantitative estimate of drug-likeness (QED) is 0.405. The summed E-state index contributed by atoms with van der Waals surface area (Å²) in [6.07, 6.45) is 5.18. The summed E-state index contributed by atoms with van der Waals surface area (Å²) >= 11 is 3.41. The predicted molar refractivity (Wildman–Crippen MR) is 125 cm³/mol. The molecule has 0 radical (unpaired) electrons. The zero-order valence-electron chi connectivity index (χ0n) is 17.7. The number of methoxy groups -OCH3 is 1. The van der Waals surface area contributed by atoms with Crippen LogP contribution in [-0.2, 0) is 0 Å². The summed E-state index contributed by atoms with van der Waals surface area (Å²) in [5, 5.41) is 7.43. The van der Waals surface area contributed by atoms with Crippen molar-refractivity contribution in [1.29, 1.82) is 0 Å². The number of imidazole rings is 1. The number of nitrogens with one attached hydrogen (secondary N) is 1. The van der Waals surface area contributed by atoms with E-state index in [1.165, 1.54) is 16.8 Å². The van der Waals surface area contributed by atoms with Crippen LogP contribution in [0.25, 0.3) is 5.69 Å². The minimum absolute atomic E-state index is 0.315. The summed E-state index contributed by atoms with van der Waals surface area (Å²) in [5.41, 5.74) is 3.19. The Bertz CT molecular complexity index is 1320. The number of aryl methyl sites for hydroxylation is 1. The van der Waals surface area contributed by atoms with Crippen LogP contribution in [0.5, 0.6) is 5.75 Å². The van der Waals surface area contributed by atoms with Crippen LogP contribution in [0.2, 0.25) is 0 Å². The summed E-state index contributed by atoms with van der Waals surface area (Å²) in [6, 6.07) is 11.2. The maximum Gasteiger partial charge on any atom is 0.292 e.